The highest BCUT2D eigenvalue weighted by molar-refractivity contribution is 5.99. The molecule has 1 unspecified atom stereocenters. The fourth-order valence-corrected chi connectivity index (χ4v) is 2.16. The van der Waals surface area contributed by atoms with Crippen molar-refractivity contribution in [3.8, 4) is 0 Å². The molecule has 0 saturated heterocycles. The number of benzene rings is 1. The number of aromatic nitrogens is 1. The average Bonchev–Trinajstić information content (AvgIpc) is 2.45. The summed E-state index contributed by atoms with van der Waals surface area (Å²) in [6.07, 6.45) is 1.10. The predicted molar refractivity (Wildman–Crippen MR) is 80.3 cm³/mol. The minimum atomic E-state index is -1.01. The first-order chi connectivity index (χ1) is 10.0. The molecule has 21 heavy (non-hydrogen) atoms. The summed E-state index contributed by atoms with van der Waals surface area (Å²) in [4.78, 5) is 27.6. The molecule has 0 fully saturated rings. The van der Waals surface area contributed by atoms with Gasteiger partial charge in [0.25, 0.3) is 5.91 Å². The Labute approximate surface area is 123 Å². The number of carbonyl (C=O) groups excluding carboxylic acids is 1. The summed E-state index contributed by atoms with van der Waals surface area (Å²) in [6.45, 7) is 3.79. The molecule has 1 amide bonds. The van der Waals surface area contributed by atoms with E-state index in [4.69, 9.17) is 5.11 Å². The van der Waals surface area contributed by atoms with Crippen LogP contribution in [0.1, 0.15) is 35.8 Å². The number of carboxylic acids is 1. The molecular weight excluding hydrogens is 268 g/mol. The second-order valence-electron chi connectivity index (χ2n) is 5.01. The summed E-state index contributed by atoms with van der Waals surface area (Å²) < 4.78 is 0. The van der Waals surface area contributed by atoms with Crippen LogP contribution in [0.2, 0.25) is 0 Å². The van der Waals surface area contributed by atoms with Gasteiger partial charge in [0.1, 0.15) is 6.04 Å². The van der Waals surface area contributed by atoms with Crippen LogP contribution in [0.15, 0.2) is 30.3 Å². The summed E-state index contributed by atoms with van der Waals surface area (Å²) in [7, 11) is 0. The Morgan fingerprint density at radius 1 is 1.29 bits per heavy atom. The number of hydrogen-bond donors (Lipinski definition) is 2. The van der Waals surface area contributed by atoms with Gasteiger partial charge in [-0.3, -0.25) is 9.78 Å². The highest BCUT2D eigenvalue weighted by Gasteiger charge is 2.19. The SMILES string of the molecule is CCCC(NC(=O)c1ccc2nc(C)ccc2c1)C(=O)O. The lowest BCUT2D eigenvalue weighted by Gasteiger charge is -2.13. The molecular formula is C16H18N2O3. The van der Waals surface area contributed by atoms with Gasteiger partial charge in [0, 0.05) is 16.6 Å². The highest BCUT2D eigenvalue weighted by atomic mass is 16.4. The van der Waals surface area contributed by atoms with Crippen LogP contribution in [0.25, 0.3) is 10.9 Å². The van der Waals surface area contributed by atoms with Gasteiger partial charge in [0.05, 0.1) is 5.52 Å². The van der Waals surface area contributed by atoms with E-state index in [1.54, 1.807) is 18.2 Å². The first-order valence-corrected chi connectivity index (χ1v) is 6.92. The van der Waals surface area contributed by atoms with Gasteiger partial charge in [-0.25, -0.2) is 4.79 Å². The van der Waals surface area contributed by atoms with Crippen molar-refractivity contribution in [2.24, 2.45) is 0 Å². The third-order valence-corrected chi connectivity index (χ3v) is 3.27. The molecule has 1 aromatic carbocycles. The maximum absolute atomic E-state index is 12.2. The van der Waals surface area contributed by atoms with Crippen molar-refractivity contribution in [1.82, 2.24) is 10.3 Å². The average molecular weight is 286 g/mol. The number of nitrogens with zero attached hydrogens (tertiary/aromatic N) is 1. The van der Waals surface area contributed by atoms with Gasteiger partial charge in [0.2, 0.25) is 0 Å². The first-order valence-electron chi connectivity index (χ1n) is 6.92. The van der Waals surface area contributed by atoms with Crippen molar-refractivity contribution in [2.75, 3.05) is 0 Å². The second kappa shape index (κ2) is 6.35. The van der Waals surface area contributed by atoms with E-state index < -0.39 is 12.0 Å². The van der Waals surface area contributed by atoms with E-state index in [-0.39, 0.29) is 5.91 Å². The number of pyridine rings is 1. The van der Waals surface area contributed by atoms with Crippen LogP contribution in [0.3, 0.4) is 0 Å². The van der Waals surface area contributed by atoms with E-state index in [2.05, 4.69) is 10.3 Å². The van der Waals surface area contributed by atoms with Crippen LogP contribution in [0, 0.1) is 6.92 Å². The van der Waals surface area contributed by atoms with Crippen LogP contribution in [-0.2, 0) is 4.79 Å². The van der Waals surface area contributed by atoms with E-state index in [9.17, 15) is 9.59 Å². The number of aliphatic carboxylic acids is 1. The molecule has 0 aliphatic carbocycles. The van der Waals surface area contributed by atoms with Crippen LogP contribution in [0.5, 0.6) is 0 Å². The maximum Gasteiger partial charge on any atom is 0.326 e. The summed E-state index contributed by atoms with van der Waals surface area (Å²) in [5.41, 5.74) is 2.17. The largest absolute Gasteiger partial charge is 0.480 e. The van der Waals surface area contributed by atoms with Gasteiger partial charge in [-0.1, -0.05) is 19.4 Å². The molecule has 0 saturated carbocycles. The van der Waals surface area contributed by atoms with Gasteiger partial charge >= 0.3 is 5.97 Å². The van der Waals surface area contributed by atoms with Crippen molar-refractivity contribution in [3.05, 3.63) is 41.6 Å². The van der Waals surface area contributed by atoms with Crippen molar-refractivity contribution >= 4 is 22.8 Å². The molecule has 5 nitrogen and oxygen atoms in total. The number of carboxylic acid groups (broad SMARTS) is 1. The zero-order chi connectivity index (χ0) is 15.4. The number of carbonyl (C=O) groups is 2. The normalized spacial score (nSPS) is 12.1. The molecule has 0 bridgehead atoms. The Morgan fingerprint density at radius 3 is 2.71 bits per heavy atom. The van der Waals surface area contributed by atoms with E-state index in [1.165, 1.54) is 0 Å². The van der Waals surface area contributed by atoms with Gasteiger partial charge in [0.15, 0.2) is 0 Å². The molecule has 2 aromatic rings. The van der Waals surface area contributed by atoms with Crippen LogP contribution >= 0.6 is 0 Å². The number of nitrogens with one attached hydrogen (secondary N) is 1. The molecule has 2 N–H and O–H groups in total. The van der Waals surface area contributed by atoms with E-state index >= 15 is 0 Å². The number of aryl methyl sites for hydroxylation is 1. The van der Waals surface area contributed by atoms with Crippen LogP contribution < -0.4 is 5.32 Å². The number of hydrogen-bond acceptors (Lipinski definition) is 3. The van der Waals surface area contributed by atoms with E-state index in [0.29, 0.717) is 18.4 Å². The Morgan fingerprint density at radius 2 is 2.05 bits per heavy atom. The number of rotatable bonds is 5. The predicted octanol–water partition coefficient (Wildman–Crippen LogP) is 2.53. The molecule has 110 valence electrons. The van der Waals surface area contributed by atoms with Crippen LogP contribution in [0.4, 0.5) is 0 Å². The number of amides is 1. The van der Waals surface area contributed by atoms with Crippen molar-refractivity contribution in [3.63, 3.8) is 0 Å². The van der Waals surface area contributed by atoms with E-state index in [0.717, 1.165) is 16.6 Å². The molecule has 0 aliphatic rings. The summed E-state index contributed by atoms with van der Waals surface area (Å²) >= 11 is 0. The summed E-state index contributed by atoms with van der Waals surface area (Å²) in [5.74, 6) is -1.39. The zero-order valence-corrected chi connectivity index (χ0v) is 12.1. The highest BCUT2D eigenvalue weighted by Crippen LogP contribution is 2.15. The number of fused-ring (bicyclic) bond motifs is 1. The van der Waals surface area contributed by atoms with Crippen molar-refractivity contribution in [2.45, 2.75) is 32.7 Å². The lowest BCUT2D eigenvalue weighted by Crippen LogP contribution is -2.40. The van der Waals surface area contributed by atoms with Crippen LogP contribution in [-0.4, -0.2) is 28.0 Å². The zero-order valence-electron chi connectivity index (χ0n) is 12.1. The van der Waals surface area contributed by atoms with Gasteiger partial charge in [-0.05, 0) is 37.6 Å². The van der Waals surface area contributed by atoms with Crippen molar-refractivity contribution in [1.29, 1.82) is 0 Å². The Bertz CT molecular complexity index is 682. The molecule has 1 atom stereocenters. The fourth-order valence-electron chi connectivity index (χ4n) is 2.16. The topological polar surface area (TPSA) is 79.3 Å². The fraction of sp³-hybridized carbons (Fsp3) is 0.312. The van der Waals surface area contributed by atoms with E-state index in [1.807, 2.05) is 26.0 Å². The quantitative estimate of drug-likeness (QED) is 0.885. The molecule has 1 heterocycles. The smallest absolute Gasteiger partial charge is 0.326 e. The minimum absolute atomic E-state index is 0.377. The molecule has 0 radical (unpaired) electrons. The van der Waals surface area contributed by atoms with Crippen molar-refractivity contribution < 1.29 is 14.7 Å². The molecule has 2 rings (SSSR count). The molecule has 5 heteroatoms. The molecule has 0 spiro atoms. The Balaban J connectivity index is 2.22. The monoisotopic (exact) mass is 286 g/mol. The third kappa shape index (κ3) is 3.56. The Hall–Kier alpha value is -2.43. The minimum Gasteiger partial charge on any atom is -0.480 e. The van der Waals surface area contributed by atoms with Gasteiger partial charge in [-0.2, -0.15) is 0 Å². The molecule has 0 aliphatic heterocycles. The van der Waals surface area contributed by atoms with Gasteiger partial charge in [-0.15, -0.1) is 0 Å². The second-order valence-corrected chi connectivity index (χ2v) is 5.01. The Kier molecular flexibility index (Phi) is 4.52. The first kappa shape index (κ1) is 15.0. The lowest BCUT2D eigenvalue weighted by molar-refractivity contribution is -0.139. The summed E-state index contributed by atoms with van der Waals surface area (Å²) in [6, 6.07) is 8.08. The standard InChI is InChI=1S/C16H18N2O3/c1-3-4-14(16(20)21)18-15(19)12-7-8-13-11(9-12)6-5-10(2)17-13/h5-9,14H,3-4H2,1-2H3,(H,18,19)(H,20,21). The lowest BCUT2D eigenvalue weighted by atomic mass is 10.1. The third-order valence-electron chi connectivity index (χ3n) is 3.27. The van der Waals surface area contributed by atoms with Gasteiger partial charge < -0.3 is 10.4 Å². The summed E-state index contributed by atoms with van der Waals surface area (Å²) in [5, 5.41) is 12.5. The molecule has 1 aromatic heterocycles. The maximum atomic E-state index is 12.2.